The maximum Gasteiger partial charge on any atom is 0.343 e. The first kappa shape index (κ1) is 13.3. The molecule has 0 bridgehead atoms. The van der Waals surface area contributed by atoms with Gasteiger partial charge in [0.1, 0.15) is 5.75 Å². The van der Waals surface area contributed by atoms with Gasteiger partial charge in [0.2, 0.25) is 0 Å². The Bertz CT molecular complexity index is 532. The first-order valence-electron chi connectivity index (χ1n) is 6.10. The van der Waals surface area contributed by atoms with Crippen LogP contribution in [0, 0.1) is 0 Å². The third-order valence-electron chi connectivity index (χ3n) is 2.92. The zero-order valence-electron chi connectivity index (χ0n) is 11.0. The smallest absolute Gasteiger partial charge is 0.343 e. The van der Waals surface area contributed by atoms with Crippen LogP contribution in [0.15, 0.2) is 54.6 Å². The molecule has 0 aliphatic carbocycles. The molecule has 3 heteroatoms. The molecule has 0 fully saturated rings. The number of carbonyl (C=O) groups is 1. The molecule has 0 radical (unpaired) electrons. The average molecular weight is 256 g/mol. The summed E-state index contributed by atoms with van der Waals surface area (Å²) in [5.74, 6) is 0.175. The van der Waals surface area contributed by atoms with Crippen LogP contribution in [-0.2, 0) is 4.74 Å². The minimum atomic E-state index is -0.354. The van der Waals surface area contributed by atoms with E-state index < -0.39 is 0 Å². The molecular formula is C16H16O3. The zero-order valence-corrected chi connectivity index (χ0v) is 11.0. The van der Waals surface area contributed by atoms with Gasteiger partial charge in [-0.25, -0.2) is 4.79 Å². The van der Waals surface area contributed by atoms with Crippen molar-refractivity contribution in [1.82, 2.24) is 0 Å². The van der Waals surface area contributed by atoms with Crippen molar-refractivity contribution in [3.05, 3.63) is 65.7 Å². The van der Waals surface area contributed by atoms with E-state index in [1.807, 2.05) is 25.1 Å². The molecule has 0 saturated carbocycles. The number of methoxy groups -OCH3 is 1. The summed E-state index contributed by atoms with van der Waals surface area (Å²) in [5, 5.41) is 0. The highest BCUT2D eigenvalue weighted by atomic mass is 16.5. The lowest BCUT2D eigenvalue weighted by molar-refractivity contribution is 0.0734. The summed E-state index contributed by atoms with van der Waals surface area (Å²) >= 11 is 0. The van der Waals surface area contributed by atoms with Gasteiger partial charge in [-0.1, -0.05) is 30.3 Å². The largest absolute Gasteiger partial charge is 0.423 e. The molecule has 0 aromatic heterocycles. The Morgan fingerprint density at radius 3 is 2.21 bits per heavy atom. The van der Waals surface area contributed by atoms with Gasteiger partial charge in [0.05, 0.1) is 11.7 Å². The fourth-order valence-corrected chi connectivity index (χ4v) is 1.68. The highest BCUT2D eigenvalue weighted by molar-refractivity contribution is 5.90. The third kappa shape index (κ3) is 3.42. The van der Waals surface area contributed by atoms with Crippen LogP contribution in [0.4, 0.5) is 0 Å². The molecule has 1 atom stereocenters. The summed E-state index contributed by atoms with van der Waals surface area (Å²) in [4.78, 5) is 11.8. The second kappa shape index (κ2) is 6.16. The van der Waals surface area contributed by atoms with E-state index >= 15 is 0 Å². The van der Waals surface area contributed by atoms with Crippen LogP contribution in [0.1, 0.15) is 28.9 Å². The lowest BCUT2D eigenvalue weighted by atomic mass is 10.1. The van der Waals surface area contributed by atoms with E-state index in [1.165, 1.54) is 0 Å². The zero-order chi connectivity index (χ0) is 13.7. The van der Waals surface area contributed by atoms with Gasteiger partial charge < -0.3 is 9.47 Å². The van der Waals surface area contributed by atoms with Crippen LogP contribution in [0.3, 0.4) is 0 Å². The van der Waals surface area contributed by atoms with Crippen molar-refractivity contribution in [1.29, 1.82) is 0 Å². The van der Waals surface area contributed by atoms with Crippen molar-refractivity contribution in [3.8, 4) is 5.75 Å². The van der Waals surface area contributed by atoms with E-state index in [0.29, 0.717) is 11.3 Å². The molecule has 2 aromatic rings. The normalized spacial score (nSPS) is 11.9. The lowest BCUT2D eigenvalue weighted by Gasteiger charge is -2.10. The van der Waals surface area contributed by atoms with Crippen LogP contribution < -0.4 is 4.74 Å². The van der Waals surface area contributed by atoms with Gasteiger partial charge in [-0.05, 0) is 36.8 Å². The molecule has 0 aliphatic rings. The van der Waals surface area contributed by atoms with Gasteiger partial charge in [0.15, 0.2) is 0 Å². The van der Waals surface area contributed by atoms with Crippen LogP contribution in [0.25, 0.3) is 0 Å². The predicted molar refractivity (Wildman–Crippen MR) is 73.3 cm³/mol. The molecule has 2 rings (SSSR count). The van der Waals surface area contributed by atoms with Crippen LogP contribution in [-0.4, -0.2) is 13.1 Å². The average Bonchev–Trinajstić information content (AvgIpc) is 2.48. The molecule has 0 heterocycles. The Morgan fingerprint density at radius 2 is 1.63 bits per heavy atom. The number of esters is 1. The van der Waals surface area contributed by atoms with Crippen molar-refractivity contribution in [2.75, 3.05) is 7.11 Å². The van der Waals surface area contributed by atoms with Gasteiger partial charge in [-0.3, -0.25) is 0 Å². The standard InChI is InChI=1S/C16H16O3/c1-12(18-2)13-8-10-15(11-9-13)19-16(17)14-6-4-3-5-7-14/h3-12H,1-2H3. The van der Waals surface area contributed by atoms with Crippen molar-refractivity contribution < 1.29 is 14.3 Å². The summed E-state index contributed by atoms with van der Waals surface area (Å²) in [6.07, 6.45) is 0.0267. The molecule has 3 nitrogen and oxygen atoms in total. The number of ether oxygens (including phenoxy) is 2. The number of rotatable bonds is 4. The summed E-state index contributed by atoms with van der Waals surface area (Å²) in [5.41, 5.74) is 1.58. The fraction of sp³-hybridized carbons (Fsp3) is 0.188. The Kier molecular flexibility index (Phi) is 4.31. The van der Waals surface area contributed by atoms with E-state index in [1.54, 1.807) is 43.5 Å². The number of hydrogen-bond donors (Lipinski definition) is 0. The topological polar surface area (TPSA) is 35.5 Å². The van der Waals surface area contributed by atoms with Gasteiger partial charge in [0, 0.05) is 7.11 Å². The Morgan fingerprint density at radius 1 is 1.00 bits per heavy atom. The van der Waals surface area contributed by atoms with E-state index in [-0.39, 0.29) is 12.1 Å². The first-order chi connectivity index (χ1) is 9.20. The van der Waals surface area contributed by atoms with Crippen LogP contribution in [0.5, 0.6) is 5.75 Å². The van der Waals surface area contributed by atoms with Crippen molar-refractivity contribution in [3.63, 3.8) is 0 Å². The van der Waals surface area contributed by atoms with Crippen LogP contribution in [0.2, 0.25) is 0 Å². The molecule has 0 N–H and O–H groups in total. The quantitative estimate of drug-likeness (QED) is 0.619. The van der Waals surface area contributed by atoms with Crippen molar-refractivity contribution in [2.24, 2.45) is 0 Å². The maximum absolute atomic E-state index is 11.8. The highest BCUT2D eigenvalue weighted by Gasteiger charge is 2.08. The summed E-state index contributed by atoms with van der Waals surface area (Å²) in [6.45, 7) is 1.96. The van der Waals surface area contributed by atoms with E-state index in [2.05, 4.69) is 0 Å². The monoisotopic (exact) mass is 256 g/mol. The second-order valence-corrected chi connectivity index (χ2v) is 4.20. The number of benzene rings is 2. The predicted octanol–water partition coefficient (Wildman–Crippen LogP) is 3.61. The van der Waals surface area contributed by atoms with Crippen molar-refractivity contribution in [2.45, 2.75) is 13.0 Å². The van der Waals surface area contributed by atoms with Crippen molar-refractivity contribution >= 4 is 5.97 Å². The SMILES string of the molecule is COC(C)c1ccc(OC(=O)c2ccccc2)cc1. The maximum atomic E-state index is 11.8. The van der Waals surface area contributed by atoms with E-state index in [0.717, 1.165) is 5.56 Å². The van der Waals surface area contributed by atoms with Gasteiger partial charge in [0.25, 0.3) is 0 Å². The molecule has 1 unspecified atom stereocenters. The molecule has 2 aromatic carbocycles. The minimum Gasteiger partial charge on any atom is -0.423 e. The molecule has 0 aliphatic heterocycles. The highest BCUT2D eigenvalue weighted by Crippen LogP contribution is 2.20. The van der Waals surface area contributed by atoms with Gasteiger partial charge >= 0.3 is 5.97 Å². The minimum absolute atomic E-state index is 0.0267. The summed E-state index contributed by atoms with van der Waals surface area (Å²) < 4.78 is 10.5. The second-order valence-electron chi connectivity index (χ2n) is 4.20. The molecule has 0 amide bonds. The first-order valence-corrected chi connectivity index (χ1v) is 6.10. The van der Waals surface area contributed by atoms with E-state index in [9.17, 15) is 4.79 Å². The van der Waals surface area contributed by atoms with Gasteiger partial charge in [-0.15, -0.1) is 0 Å². The Hall–Kier alpha value is -2.13. The fourth-order valence-electron chi connectivity index (χ4n) is 1.68. The molecule has 0 spiro atoms. The van der Waals surface area contributed by atoms with Gasteiger partial charge in [-0.2, -0.15) is 0 Å². The molecule has 0 saturated heterocycles. The number of carbonyl (C=O) groups excluding carboxylic acids is 1. The Balaban J connectivity index is 2.06. The van der Waals surface area contributed by atoms with E-state index in [4.69, 9.17) is 9.47 Å². The summed E-state index contributed by atoms with van der Waals surface area (Å²) in [7, 11) is 1.66. The molecule has 19 heavy (non-hydrogen) atoms. The van der Waals surface area contributed by atoms with Crippen LogP contribution >= 0.6 is 0 Å². The molecular weight excluding hydrogens is 240 g/mol. The molecule has 98 valence electrons. The third-order valence-corrected chi connectivity index (χ3v) is 2.92. The Labute approximate surface area is 112 Å². The lowest BCUT2D eigenvalue weighted by Crippen LogP contribution is -2.08. The summed E-state index contributed by atoms with van der Waals surface area (Å²) in [6, 6.07) is 16.2. The number of hydrogen-bond acceptors (Lipinski definition) is 3.